The number of benzene rings is 2. The van der Waals surface area contributed by atoms with Crippen LogP contribution < -0.4 is 5.32 Å². The van der Waals surface area contributed by atoms with Crippen molar-refractivity contribution in [3.8, 4) is 0 Å². The summed E-state index contributed by atoms with van der Waals surface area (Å²) in [5.41, 5.74) is 1.25. The zero-order valence-corrected chi connectivity index (χ0v) is 12.1. The van der Waals surface area contributed by atoms with Crippen molar-refractivity contribution >= 4 is 16.7 Å². The van der Waals surface area contributed by atoms with Gasteiger partial charge in [-0.05, 0) is 35.1 Å². The van der Waals surface area contributed by atoms with Crippen molar-refractivity contribution in [2.24, 2.45) is 5.92 Å². The first-order valence-corrected chi connectivity index (χ1v) is 7.38. The van der Waals surface area contributed by atoms with Crippen molar-refractivity contribution in [1.82, 2.24) is 5.32 Å². The smallest absolute Gasteiger partial charge is 0.220 e. The Balaban J connectivity index is 2.01. The second-order valence-electron chi connectivity index (χ2n) is 6.17. The maximum absolute atomic E-state index is 11.7. The quantitative estimate of drug-likeness (QED) is 0.903. The van der Waals surface area contributed by atoms with E-state index in [-0.39, 0.29) is 11.4 Å². The molecule has 20 heavy (non-hydrogen) atoms. The van der Waals surface area contributed by atoms with E-state index in [1.165, 1.54) is 16.3 Å². The van der Waals surface area contributed by atoms with Gasteiger partial charge >= 0.3 is 0 Å². The Hall–Kier alpha value is -1.83. The molecule has 2 heteroatoms. The molecule has 1 amide bonds. The molecule has 104 valence electrons. The van der Waals surface area contributed by atoms with Crippen LogP contribution in [0, 0.1) is 5.92 Å². The molecule has 1 unspecified atom stereocenters. The van der Waals surface area contributed by atoms with Gasteiger partial charge in [0.2, 0.25) is 5.91 Å². The Bertz CT molecular complexity index is 641. The summed E-state index contributed by atoms with van der Waals surface area (Å²) in [4.78, 5) is 11.7. The molecule has 0 radical (unpaired) electrons. The Morgan fingerprint density at radius 3 is 2.60 bits per heavy atom. The third kappa shape index (κ3) is 2.20. The highest BCUT2D eigenvalue weighted by atomic mass is 16.2. The summed E-state index contributed by atoms with van der Waals surface area (Å²) in [7, 11) is 0. The molecular formula is C18H21NO. The molecule has 0 aliphatic carbocycles. The van der Waals surface area contributed by atoms with Crippen molar-refractivity contribution in [2.75, 3.05) is 0 Å². The van der Waals surface area contributed by atoms with Gasteiger partial charge in [-0.25, -0.2) is 0 Å². The van der Waals surface area contributed by atoms with Gasteiger partial charge in [0.1, 0.15) is 0 Å². The molecule has 1 heterocycles. The molecule has 1 aliphatic rings. The minimum Gasteiger partial charge on any atom is -0.350 e. The van der Waals surface area contributed by atoms with Gasteiger partial charge in [-0.1, -0.05) is 56.3 Å². The Morgan fingerprint density at radius 1 is 1.15 bits per heavy atom. The molecule has 1 atom stereocenters. The maximum Gasteiger partial charge on any atom is 0.220 e. The van der Waals surface area contributed by atoms with Crippen molar-refractivity contribution < 1.29 is 4.79 Å². The van der Waals surface area contributed by atoms with E-state index in [0.29, 0.717) is 12.3 Å². The van der Waals surface area contributed by atoms with Crippen molar-refractivity contribution in [3.63, 3.8) is 0 Å². The fourth-order valence-corrected chi connectivity index (χ4v) is 3.30. The lowest BCUT2D eigenvalue weighted by molar-refractivity contribution is -0.120. The summed E-state index contributed by atoms with van der Waals surface area (Å²) in [5.74, 6) is 0.631. The highest BCUT2D eigenvalue weighted by Crippen LogP contribution is 2.33. The Morgan fingerprint density at radius 2 is 1.90 bits per heavy atom. The molecule has 2 nitrogen and oxygen atoms in total. The van der Waals surface area contributed by atoms with E-state index in [0.717, 1.165) is 12.8 Å². The molecule has 0 bridgehead atoms. The summed E-state index contributed by atoms with van der Waals surface area (Å²) >= 11 is 0. The first-order chi connectivity index (χ1) is 9.61. The zero-order chi connectivity index (χ0) is 14.2. The first-order valence-electron chi connectivity index (χ1n) is 7.38. The molecule has 3 rings (SSSR count). The van der Waals surface area contributed by atoms with Gasteiger partial charge in [-0.2, -0.15) is 0 Å². The molecule has 0 spiro atoms. The highest BCUT2D eigenvalue weighted by molar-refractivity contribution is 5.86. The van der Waals surface area contributed by atoms with Crippen LogP contribution in [0.4, 0.5) is 0 Å². The van der Waals surface area contributed by atoms with Crippen LogP contribution in [-0.4, -0.2) is 11.4 Å². The normalized spacial score (nSPS) is 22.4. The third-order valence-electron chi connectivity index (χ3n) is 4.68. The summed E-state index contributed by atoms with van der Waals surface area (Å²) in [6, 6.07) is 14.9. The molecule has 2 aromatic rings. The number of carbonyl (C=O) groups is 1. The van der Waals surface area contributed by atoms with Gasteiger partial charge in [0.15, 0.2) is 0 Å². The lowest BCUT2D eigenvalue weighted by atomic mass is 9.79. The van der Waals surface area contributed by atoms with Crippen LogP contribution >= 0.6 is 0 Å². The molecule has 2 aromatic carbocycles. The molecule has 1 saturated heterocycles. The van der Waals surface area contributed by atoms with Crippen LogP contribution in [0.5, 0.6) is 0 Å². The van der Waals surface area contributed by atoms with Gasteiger partial charge in [0.05, 0.1) is 0 Å². The number of fused-ring (bicyclic) bond motifs is 1. The average molecular weight is 267 g/mol. The fraction of sp³-hybridized carbons (Fsp3) is 0.389. The minimum absolute atomic E-state index is 0.0821. The average Bonchev–Trinajstić information content (AvgIpc) is 2.82. The number of carbonyl (C=O) groups excluding carboxylic acids is 1. The van der Waals surface area contributed by atoms with Crippen molar-refractivity contribution in [2.45, 2.75) is 38.6 Å². The monoisotopic (exact) mass is 267 g/mol. The van der Waals surface area contributed by atoms with E-state index < -0.39 is 0 Å². The molecule has 1 aliphatic heterocycles. The van der Waals surface area contributed by atoms with Crippen molar-refractivity contribution in [1.29, 1.82) is 0 Å². The molecule has 1 N–H and O–H groups in total. The summed E-state index contributed by atoms with van der Waals surface area (Å²) in [5, 5.41) is 5.81. The predicted octanol–water partition coefficient (Wildman–Crippen LogP) is 3.69. The minimum atomic E-state index is -0.0821. The maximum atomic E-state index is 11.7. The summed E-state index contributed by atoms with van der Waals surface area (Å²) < 4.78 is 0. The zero-order valence-electron chi connectivity index (χ0n) is 12.1. The third-order valence-corrected chi connectivity index (χ3v) is 4.68. The van der Waals surface area contributed by atoms with Crippen LogP contribution in [0.25, 0.3) is 10.8 Å². The number of rotatable bonds is 3. The molecule has 0 aromatic heterocycles. The Labute approximate surface area is 120 Å². The van der Waals surface area contributed by atoms with Crippen molar-refractivity contribution in [3.05, 3.63) is 48.0 Å². The molecular weight excluding hydrogens is 246 g/mol. The van der Waals surface area contributed by atoms with Gasteiger partial charge in [0, 0.05) is 12.0 Å². The summed E-state index contributed by atoms with van der Waals surface area (Å²) in [6.07, 6.45) is 2.51. The van der Waals surface area contributed by atoms with E-state index in [4.69, 9.17) is 0 Å². The van der Waals surface area contributed by atoms with Crippen LogP contribution in [0.3, 0.4) is 0 Å². The topological polar surface area (TPSA) is 29.1 Å². The number of nitrogens with one attached hydrogen (secondary N) is 1. The Kier molecular flexibility index (Phi) is 3.25. The lowest BCUT2D eigenvalue weighted by Gasteiger charge is -2.34. The van der Waals surface area contributed by atoms with E-state index in [9.17, 15) is 4.79 Å². The standard InChI is InChI=1S/C18H21NO/c1-13(2)18(11-10-17(20)19-18)12-15-8-5-7-14-6-3-4-9-16(14)15/h3-9,13H,10-12H2,1-2H3,(H,19,20). The molecule has 1 fully saturated rings. The van der Waals surface area contributed by atoms with E-state index in [1.807, 2.05) is 0 Å². The van der Waals surface area contributed by atoms with Gasteiger partial charge in [0.25, 0.3) is 0 Å². The summed E-state index contributed by atoms with van der Waals surface area (Å²) in [6.45, 7) is 4.41. The largest absolute Gasteiger partial charge is 0.350 e. The lowest BCUT2D eigenvalue weighted by Crippen LogP contribution is -2.48. The molecule has 0 saturated carbocycles. The van der Waals surface area contributed by atoms with E-state index in [2.05, 4.69) is 61.6 Å². The van der Waals surface area contributed by atoms with Crippen LogP contribution in [0.15, 0.2) is 42.5 Å². The second-order valence-corrected chi connectivity index (χ2v) is 6.17. The van der Waals surface area contributed by atoms with Crippen LogP contribution in [0.1, 0.15) is 32.3 Å². The fourth-order valence-electron chi connectivity index (χ4n) is 3.30. The SMILES string of the molecule is CC(C)C1(Cc2cccc3ccccc23)CCC(=O)N1. The van der Waals surface area contributed by atoms with Gasteiger partial charge in [-0.3, -0.25) is 4.79 Å². The van der Waals surface area contributed by atoms with E-state index in [1.54, 1.807) is 0 Å². The number of hydrogen-bond donors (Lipinski definition) is 1. The number of amides is 1. The van der Waals surface area contributed by atoms with Crippen LogP contribution in [0.2, 0.25) is 0 Å². The second kappa shape index (κ2) is 4.93. The predicted molar refractivity (Wildman–Crippen MR) is 82.6 cm³/mol. The van der Waals surface area contributed by atoms with Gasteiger partial charge in [-0.15, -0.1) is 0 Å². The van der Waals surface area contributed by atoms with E-state index >= 15 is 0 Å². The van der Waals surface area contributed by atoms with Crippen LogP contribution in [-0.2, 0) is 11.2 Å². The first kappa shape index (κ1) is 13.2. The van der Waals surface area contributed by atoms with Gasteiger partial charge < -0.3 is 5.32 Å². The number of hydrogen-bond acceptors (Lipinski definition) is 1. The highest BCUT2D eigenvalue weighted by Gasteiger charge is 2.40.